The van der Waals surface area contributed by atoms with Crippen LogP contribution in [-0.4, -0.2) is 4.92 Å². The Morgan fingerprint density at radius 3 is 2.32 bits per heavy atom. The molecule has 0 aliphatic heterocycles. The second-order valence-corrected chi connectivity index (χ2v) is 6.66. The second-order valence-electron chi connectivity index (χ2n) is 6.22. The van der Waals surface area contributed by atoms with Crippen LogP contribution in [0, 0.1) is 10.1 Å². The fourth-order valence-corrected chi connectivity index (χ4v) is 2.30. The molecular formula is C17H19ClN2O2. The van der Waals surface area contributed by atoms with Crippen LogP contribution in [0.4, 0.5) is 11.4 Å². The molecule has 0 aliphatic carbocycles. The predicted octanol–water partition coefficient (Wildman–Crippen LogP) is 5.16. The third-order valence-corrected chi connectivity index (χ3v) is 3.69. The Balaban J connectivity index is 2.13. The first-order valence-corrected chi connectivity index (χ1v) is 7.42. The highest BCUT2D eigenvalue weighted by atomic mass is 35.5. The van der Waals surface area contributed by atoms with E-state index < -0.39 is 4.92 Å². The van der Waals surface area contributed by atoms with Gasteiger partial charge in [-0.05, 0) is 28.7 Å². The summed E-state index contributed by atoms with van der Waals surface area (Å²) >= 11 is 5.91. The van der Waals surface area contributed by atoms with Gasteiger partial charge in [-0.1, -0.05) is 56.6 Å². The summed E-state index contributed by atoms with van der Waals surface area (Å²) in [5.41, 5.74) is 2.87. The topological polar surface area (TPSA) is 55.2 Å². The molecule has 0 aromatic heterocycles. The molecule has 0 unspecified atom stereocenters. The van der Waals surface area contributed by atoms with Gasteiger partial charge in [0.15, 0.2) is 0 Å². The first kappa shape index (κ1) is 16.3. The van der Waals surface area contributed by atoms with Crippen molar-refractivity contribution in [1.29, 1.82) is 0 Å². The van der Waals surface area contributed by atoms with Gasteiger partial charge in [-0.3, -0.25) is 10.1 Å². The average molecular weight is 319 g/mol. The molecule has 0 aliphatic rings. The van der Waals surface area contributed by atoms with E-state index in [0.29, 0.717) is 17.3 Å². The fourth-order valence-electron chi connectivity index (χ4n) is 2.13. The molecule has 0 spiro atoms. The van der Waals surface area contributed by atoms with Crippen molar-refractivity contribution in [2.75, 3.05) is 5.32 Å². The zero-order valence-corrected chi connectivity index (χ0v) is 13.6. The van der Waals surface area contributed by atoms with Crippen LogP contribution in [0.1, 0.15) is 31.9 Å². The molecule has 0 bridgehead atoms. The molecule has 0 atom stereocenters. The summed E-state index contributed by atoms with van der Waals surface area (Å²) in [5.74, 6) is 0. The van der Waals surface area contributed by atoms with E-state index in [2.05, 4.69) is 38.2 Å². The maximum Gasteiger partial charge on any atom is 0.292 e. The minimum Gasteiger partial charge on any atom is -0.375 e. The largest absolute Gasteiger partial charge is 0.375 e. The van der Waals surface area contributed by atoms with Gasteiger partial charge in [0.1, 0.15) is 5.69 Å². The number of nitro groups is 1. The molecule has 4 nitrogen and oxygen atoms in total. The monoisotopic (exact) mass is 318 g/mol. The Hall–Kier alpha value is -2.07. The fraction of sp³-hybridized carbons (Fsp3) is 0.294. The average Bonchev–Trinajstić information content (AvgIpc) is 2.44. The summed E-state index contributed by atoms with van der Waals surface area (Å²) in [5, 5.41) is 14.6. The van der Waals surface area contributed by atoms with Crippen LogP contribution in [0.15, 0.2) is 42.5 Å². The van der Waals surface area contributed by atoms with Gasteiger partial charge in [-0.25, -0.2) is 0 Å². The van der Waals surface area contributed by atoms with E-state index in [1.54, 1.807) is 6.07 Å². The van der Waals surface area contributed by atoms with E-state index in [1.807, 2.05) is 12.1 Å². The van der Waals surface area contributed by atoms with Crippen molar-refractivity contribution < 1.29 is 4.92 Å². The van der Waals surface area contributed by atoms with Gasteiger partial charge in [-0.15, -0.1) is 0 Å². The number of halogens is 1. The van der Waals surface area contributed by atoms with Gasteiger partial charge in [0.25, 0.3) is 5.69 Å². The zero-order chi connectivity index (χ0) is 16.3. The molecule has 0 radical (unpaired) electrons. The summed E-state index contributed by atoms with van der Waals surface area (Å²) < 4.78 is 0. The number of nitrogens with one attached hydrogen (secondary N) is 1. The van der Waals surface area contributed by atoms with E-state index in [9.17, 15) is 10.1 Å². The summed E-state index contributed by atoms with van der Waals surface area (Å²) in [6.45, 7) is 6.99. The van der Waals surface area contributed by atoms with E-state index in [-0.39, 0.29) is 11.1 Å². The SMILES string of the molecule is CC(C)(C)c1ccc(CNc2cc(Cl)ccc2[N+](=O)[O-])cc1. The van der Waals surface area contributed by atoms with Crippen LogP contribution >= 0.6 is 11.6 Å². The third-order valence-electron chi connectivity index (χ3n) is 3.46. The van der Waals surface area contributed by atoms with E-state index >= 15 is 0 Å². The van der Waals surface area contributed by atoms with Crippen molar-refractivity contribution in [3.63, 3.8) is 0 Å². The van der Waals surface area contributed by atoms with Gasteiger partial charge >= 0.3 is 0 Å². The zero-order valence-electron chi connectivity index (χ0n) is 12.9. The van der Waals surface area contributed by atoms with Crippen LogP contribution in [-0.2, 0) is 12.0 Å². The highest BCUT2D eigenvalue weighted by Crippen LogP contribution is 2.28. The Labute approximate surface area is 135 Å². The van der Waals surface area contributed by atoms with Gasteiger partial charge < -0.3 is 5.32 Å². The number of rotatable bonds is 4. The van der Waals surface area contributed by atoms with Gasteiger partial charge in [0.2, 0.25) is 0 Å². The summed E-state index contributed by atoms with van der Waals surface area (Å²) in [7, 11) is 0. The van der Waals surface area contributed by atoms with Crippen molar-refractivity contribution in [2.24, 2.45) is 0 Å². The molecule has 0 fully saturated rings. The van der Waals surface area contributed by atoms with Crippen LogP contribution in [0.25, 0.3) is 0 Å². The van der Waals surface area contributed by atoms with E-state index in [4.69, 9.17) is 11.6 Å². The molecule has 0 saturated heterocycles. The Morgan fingerprint density at radius 2 is 1.77 bits per heavy atom. The molecule has 0 heterocycles. The molecule has 0 saturated carbocycles. The summed E-state index contributed by atoms with van der Waals surface area (Å²) in [6, 6.07) is 12.7. The Morgan fingerprint density at radius 1 is 1.14 bits per heavy atom. The van der Waals surface area contributed by atoms with Crippen molar-refractivity contribution in [1.82, 2.24) is 0 Å². The van der Waals surface area contributed by atoms with Crippen LogP contribution in [0.5, 0.6) is 0 Å². The molecule has 2 aromatic rings. The minimum absolute atomic E-state index is 0.0238. The van der Waals surface area contributed by atoms with Gasteiger partial charge in [-0.2, -0.15) is 0 Å². The lowest BCUT2D eigenvalue weighted by molar-refractivity contribution is -0.384. The van der Waals surface area contributed by atoms with Crippen molar-refractivity contribution in [2.45, 2.75) is 32.7 Å². The van der Waals surface area contributed by atoms with Crippen molar-refractivity contribution in [3.8, 4) is 0 Å². The Kier molecular flexibility index (Phi) is 4.71. The van der Waals surface area contributed by atoms with Crippen molar-refractivity contribution in [3.05, 3.63) is 68.7 Å². The van der Waals surface area contributed by atoms with E-state index in [1.165, 1.54) is 17.7 Å². The molecule has 0 amide bonds. The number of benzene rings is 2. The number of hydrogen-bond donors (Lipinski definition) is 1. The first-order valence-electron chi connectivity index (χ1n) is 7.04. The number of hydrogen-bond acceptors (Lipinski definition) is 3. The molecule has 116 valence electrons. The quantitative estimate of drug-likeness (QED) is 0.626. The number of nitrogens with zero attached hydrogens (tertiary/aromatic N) is 1. The maximum atomic E-state index is 11.0. The summed E-state index contributed by atoms with van der Waals surface area (Å²) in [6.07, 6.45) is 0. The lowest BCUT2D eigenvalue weighted by Crippen LogP contribution is -2.11. The van der Waals surface area contributed by atoms with Crippen LogP contribution in [0.3, 0.4) is 0 Å². The summed E-state index contributed by atoms with van der Waals surface area (Å²) in [4.78, 5) is 10.6. The normalized spacial score (nSPS) is 11.3. The maximum absolute atomic E-state index is 11.0. The number of nitro benzene ring substituents is 1. The lowest BCUT2D eigenvalue weighted by atomic mass is 9.87. The number of anilines is 1. The van der Waals surface area contributed by atoms with Gasteiger partial charge in [0, 0.05) is 17.6 Å². The predicted molar refractivity (Wildman–Crippen MR) is 90.6 cm³/mol. The standard InChI is InChI=1S/C17H19ClN2O2/c1-17(2,3)13-6-4-12(5-7-13)11-19-15-10-14(18)8-9-16(15)20(21)22/h4-10,19H,11H2,1-3H3. The molecule has 2 aromatic carbocycles. The molecule has 22 heavy (non-hydrogen) atoms. The van der Waals surface area contributed by atoms with E-state index in [0.717, 1.165) is 5.56 Å². The lowest BCUT2D eigenvalue weighted by Gasteiger charge is -2.19. The second kappa shape index (κ2) is 6.36. The first-order chi connectivity index (χ1) is 10.3. The molecular weight excluding hydrogens is 300 g/mol. The van der Waals surface area contributed by atoms with Gasteiger partial charge in [0.05, 0.1) is 4.92 Å². The smallest absolute Gasteiger partial charge is 0.292 e. The highest BCUT2D eigenvalue weighted by Gasteiger charge is 2.15. The molecule has 2 rings (SSSR count). The third kappa shape index (κ3) is 3.98. The highest BCUT2D eigenvalue weighted by molar-refractivity contribution is 6.31. The molecule has 1 N–H and O–H groups in total. The van der Waals surface area contributed by atoms with Crippen LogP contribution < -0.4 is 5.32 Å². The minimum atomic E-state index is -0.415. The molecule has 5 heteroatoms. The van der Waals surface area contributed by atoms with Crippen LogP contribution in [0.2, 0.25) is 5.02 Å². The Bertz CT molecular complexity index is 676. The van der Waals surface area contributed by atoms with Crippen molar-refractivity contribution >= 4 is 23.0 Å².